The van der Waals surface area contributed by atoms with Crippen molar-refractivity contribution < 1.29 is 19.2 Å². The first-order valence-corrected chi connectivity index (χ1v) is 10.2. The average Bonchev–Trinajstić information content (AvgIpc) is 3.39. The van der Waals surface area contributed by atoms with Gasteiger partial charge in [-0.05, 0) is 55.3 Å². The summed E-state index contributed by atoms with van der Waals surface area (Å²) >= 11 is 6.08. The van der Waals surface area contributed by atoms with Gasteiger partial charge in [0.05, 0.1) is 16.9 Å². The van der Waals surface area contributed by atoms with E-state index in [-0.39, 0.29) is 30.6 Å². The van der Waals surface area contributed by atoms with Gasteiger partial charge in [0, 0.05) is 36.5 Å². The van der Waals surface area contributed by atoms with E-state index in [1.165, 1.54) is 0 Å². The van der Waals surface area contributed by atoms with Crippen molar-refractivity contribution in [3.05, 3.63) is 58.6 Å². The van der Waals surface area contributed by atoms with Crippen LogP contribution in [0.1, 0.15) is 46.4 Å². The number of likely N-dealkylation sites (tertiary alicyclic amines) is 1. The van der Waals surface area contributed by atoms with Crippen molar-refractivity contribution in [1.29, 1.82) is 0 Å². The molecular weight excluding hydrogens is 406 g/mol. The van der Waals surface area contributed by atoms with E-state index < -0.39 is 5.91 Å². The number of rotatable bonds is 4. The Morgan fingerprint density at radius 1 is 0.900 bits per heavy atom. The van der Waals surface area contributed by atoms with Crippen LogP contribution in [0.3, 0.4) is 0 Å². The maximum Gasteiger partial charge on any atom is 0.256 e. The normalized spacial score (nSPS) is 16.3. The van der Waals surface area contributed by atoms with Crippen LogP contribution in [0.2, 0.25) is 5.02 Å². The van der Waals surface area contributed by atoms with Crippen molar-refractivity contribution in [2.45, 2.75) is 25.7 Å². The summed E-state index contributed by atoms with van der Waals surface area (Å²) in [5.41, 5.74) is 1.51. The predicted octanol–water partition coefficient (Wildman–Crippen LogP) is 3.48. The van der Waals surface area contributed by atoms with Gasteiger partial charge in [0.15, 0.2) is 0 Å². The minimum absolute atomic E-state index is 0.160. The first-order chi connectivity index (χ1) is 14.4. The number of amides is 4. The Bertz CT molecular complexity index is 1010. The second-order valence-corrected chi connectivity index (χ2v) is 7.75. The standard InChI is InChI=1S/C22H20ClN3O4/c23-15-5-8-18(17(13-15)22(30)25-11-1-2-12-25)24-21(29)14-3-6-16(7-4-14)26-19(27)9-10-20(26)28/h3-8,13H,1-2,9-12H2,(H,24,29). The van der Waals surface area contributed by atoms with Crippen molar-refractivity contribution >= 4 is 46.6 Å². The Kier molecular flexibility index (Phi) is 5.55. The third-order valence-corrected chi connectivity index (χ3v) is 5.53. The molecule has 2 aliphatic rings. The molecule has 0 saturated carbocycles. The number of carbonyl (C=O) groups excluding carboxylic acids is 4. The molecule has 7 nitrogen and oxygen atoms in total. The molecule has 2 aromatic rings. The molecule has 0 aliphatic carbocycles. The number of imide groups is 1. The highest BCUT2D eigenvalue weighted by Crippen LogP contribution is 2.26. The molecule has 0 radical (unpaired) electrons. The molecule has 8 heteroatoms. The second kappa shape index (κ2) is 8.28. The molecule has 2 aromatic carbocycles. The second-order valence-electron chi connectivity index (χ2n) is 7.31. The fraction of sp³-hybridized carbons (Fsp3) is 0.273. The Hall–Kier alpha value is -3.19. The van der Waals surface area contributed by atoms with E-state index in [9.17, 15) is 19.2 Å². The highest BCUT2D eigenvalue weighted by molar-refractivity contribution is 6.31. The zero-order valence-corrected chi connectivity index (χ0v) is 16.9. The minimum Gasteiger partial charge on any atom is -0.339 e. The Balaban J connectivity index is 1.53. The first kappa shape index (κ1) is 20.1. The maximum atomic E-state index is 12.8. The Morgan fingerprint density at radius 2 is 1.53 bits per heavy atom. The molecular formula is C22H20ClN3O4. The summed E-state index contributed by atoms with van der Waals surface area (Å²) in [5.74, 6) is -1.06. The zero-order chi connectivity index (χ0) is 21.3. The van der Waals surface area contributed by atoms with Crippen molar-refractivity contribution in [1.82, 2.24) is 4.90 Å². The summed E-state index contributed by atoms with van der Waals surface area (Å²) in [6.07, 6.45) is 2.32. The largest absolute Gasteiger partial charge is 0.339 e. The van der Waals surface area contributed by atoms with E-state index >= 15 is 0 Å². The predicted molar refractivity (Wildman–Crippen MR) is 113 cm³/mol. The van der Waals surface area contributed by atoms with Gasteiger partial charge in [0.25, 0.3) is 11.8 Å². The summed E-state index contributed by atoms with van der Waals surface area (Å²) in [4.78, 5) is 52.2. The molecule has 0 spiro atoms. The van der Waals surface area contributed by atoms with Gasteiger partial charge in [0.2, 0.25) is 11.8 Å². The van der Waals surface area contributed by atoms with Crippen LogP contribution in [0, 0.1) is 0 Å². The number of halogens is 1. The van der Waals surface area contributed by atoms with Gasteiger partial charge in [-0.2, -0.15) is 0 Å². The monoisotopic (exact) mass is 425 g/mol. The van der Waals surface area contributed by atoms with Crippen LogP contribution in [0.25, 0.3) is 0 Å². The van der Waals surface area contributed by atoms with Gasteiger partial charge in [-0.1, -0.05) is 11.6 Å². The average molecular weight is 426 g/mol. The Morgan fingerprint density at radius 3 is 2.17 bits per heavy atom. The molecule has 2 fully saturated rings. The van der Waals surface area contributed by atoms with Gasteiger partial charge in [-0.25, -0.2) is 0 Å². The molecule has 154 valence electrons. The summed E-state index contributed by atoms with van der Waals surface area (Å²) in [6.45, 7) is 1.38. The van der Waals surface area contributed by atoms with Crippen molar-refractivity contribution in [3.8, 4) is 0 Å². The topological polar surface area (TPSA) is 86.8 Å². The fourth-order valence-corrected chi connectivity index (χ4v) is 3.89. The lowest BCUT2D eigenvalue weighted by atomic mass is 10.1. The number of anilines is 2. The van der Waals surface area contributed by atoms with Crippen LogP contribution >= 0.6 is 11.6 Å². The van der Waals surface area contributed by atoms with Gasteiger partial charge >= 0.3 is 0 Å². The third kappa shape index (κ3) is 3.93. The number of carbonyl (C=O) groups is 4. The molecule has 2 aliphatic heterocycles. The SMILES string of the molecule is O=C(Nc1ccc(Cl)cc1C(=O)N1CCCC1)c1ccc(N2C(=O)CCC2=O)cc1. The minimum atomic E-state index is -0.404. The quantitative estimate of drug-likeness (QED) is 0.760. The van der Waals surface area contributed by atoms with E-state index in [4.69, 9.17) is 11.6 Å². The summed E-state index contributed by atoms with van der Waals surface area (Å²) in [5, 5.41) is 3.19. The molecule has 30 heavy (non-hydrogen) atoms. The van der Waals surface area contributed by atoms with E-state index in [0.29, 0.717) is 40.6 Å². The molecule has 0 atom stereocenters. The molecule has 0 aromatic heterocycles. The van der Waals surface area contributed by atoms with E-state index in [1.807, 2.05) is 0 Å². The molecule has 4 amide bonds. The smallest absolute Gasteiger partial charge is 0.256 e. The van der Waals surface area contributed by atoms with Crippen LogP contribution in [0.5, 0.6) is 0 Å². The zero-order valence-electron chi connectivity index (χ0n) is 16.2. The van der Waals surface area contributed by atoms with Crippen LogP contribution in [0.15, 0.2) is 42.5 Å². The fourth-order valence-electron chi connectivity index (χ4n) is 3.71. The molecule has 2 saturated heterocycles. The van der Waals surface area contributed by atoms with Crippen molar-refractivity contribution in [3.63, 3.8) is 0 Å². The number of hydrogen-bond acceptors (Lipinski definition) is 4. The Labute approximate surface area is 178 Å². The van der Waals surface area contributed by atoms with Crippen LogP contribution < -0.4 is 10.2 Å². The van der Waals surface area contributed by atoms with Crippen molar-refractivity contribution in [2.75, 3.05) is 23.3 Å². The lowest BCUT2D eigenvalue weighted by molar-refractivity contribution is -0.121. The molecule has 0 unspecified atom stereocenters. The number of hydrogen-bond donors (Lipinski definition) is 1. The summed E-state index contributed by atoms with van der Waals surface area (Å²) < 4.78 is 0. The number of benzene rings is 2. The molecule has 2 heterocycles. The highest BCUT2D eigenvalue weighted by Gasteiger charge is 2.30. The maximum absolute atomic E-state index is 12.8. The number of nitrogens with one attached hydrogen (secondary N) is 1. The van der Waals surface area contributed by atoms with Crippen LogP contribution in [-0.2, 0) is 9.59 Å². The molecule has 1 N–H and O–H groups in total. The van der Waals surface area contributed by atoms with Crippen LogP contribution in [0.4, 0.5) is 11.4 Å². The lowest BCUT2D eigenvalue weighted by Crippen LogP contribution is -2.29. The first-order valence-electron chi connectivity index (χ1n) is 9.80. The third-order valence-electron chi connectivity index (χ3n) is 5.29. The van der Waals surface area contributed by atoms with Crippen molar-refractivity contribution in [2.24, 2.45) is 0 Å². The molecule has 0 bridgehead atoms. The van der Waals surface area contributed by atoms with Gasteiger partial charge in [-0.15, -0.1) is 0 Å². The van der Waals surface area contributed by atoms with E-state index in [2.05, 4.69) is 5.32 Å². The number of nitrogens with zero attached hydrogens (tertiary/aromatic N) is 2. The summed E-state index contributed by atoms with van der Waals surface area (Å²) in [6, 6.07) is 11.0. The van der Waals surface area contributed by atoms with Gasteiger partial charge in [-0.3, -0.25) is 24.1 Å². The highest BCUT2D eigenvalue weighted by atomic mass is 35.5. The van der Waals surface area contributed by atoms with Crippen LogP contribution in [-0.4, -0.2) is 41.6 Å². The summed E-state index contributed by atoms with van der Waals surface area (Å²) in [7, 11) is 0. The molecule has 4 rings (SSSR count). The van der Waals surface area contributed by atoms with Gasteiger partial charge in [0.1, 0.15) is 0 Å². The lowest BCUT2D eigenvalue weighted by Gasteiger charge is -2.18. The van der Waals surface area contributed by atoms with E-state index in [1.54, 1.807) is 47.4 Å². The van der Waals surface area contributed by atoms with E-state index in [0.717, 1.165) is 17.7 Å². The van der Waals surface area contributed by atoms with Gasteiger partial charge < -0.3 is 10.2 Å².